The number of anilines is 1. The SMILES string of the molecule is CCCn1cc(S(=O)(=O)Nc2ncc(C)s2)cc1C(=O)O. The van der Waals surface area contributed by atoms with Crippen LogP contribution >= 0.6 is 11.3 Å². The van der Waals surface area contributed by atoms with Crippen LogP contribution in [0.25, 0.3) is 0 Å². The predicted octanol–water partition coefficient (Wildman–Crippen LogP) is 2.16. The number of rotatable bonds is 6. The molecule has 0 radical (unpaired) electrons. The Bertz CT molecular complexity index is 761. The Kier molecular flexibility index (Phi) is 4.33. The van der Waals surface area contributed by atoms with Crippen LogP contribution in [0, 0.1) is 6.92 Å². The van der Waals surface area contributed by atoms with Gasteiger partial charge >= 0.3 is 5.97 Å². The van der Waals surface area contributed by atoms with E-state index in [9.17, 15) is 13.2 Å². The first-order valence-electron chi connectivity index (χ1n) is 6.22. The number of nitrogens with zero attached hydrogens (tertiary/aromatic N) is 2. The Morgan fingerprint density at radius 3 is 2.76 bits per heavy atom. The molecule has 0 saturated heterocycles. The zero-order valence-corrected chi connectivity index (χ0v) is 13.2. The van der Waals surface area contributed by atoms with E-state index in [0.29, 0.717) is 13.0 Å². The van der Waals surface area contributed by atoms with Gasteiger partial charge in [0.25, 0.3) is 10.0 Å². The number of thiazole rings is 1. The van der Waals surface area contributed by atoms with Crippen molar-refractivity contribution in [2.75, 3.05) is 4.72 Å². The summed E-state index contributed by atoms with van der Waals surface area (Å²) < 4.78 is 28.3. The van der Waals surface area contributed by atoms with Gasteiger partial charge in [0.15, 0.2) is 5.13 Å². The second kappa shape index (κ2) is 5.86. The van der Waals surface area contributed by atoms with Gasteiger partial charge < -0.3 is 9.67 Å². The second-order valence-corrected chi connectivity index (χ2v) is 7.36. The predicted molar refractivity (Wildman–Crippen MR) is 79.3 cm³/mol. The van der Waals surface area contributed by atoms with E-state index in [1.807, 2.05) is 13.8 Å². The maximum absolute atomic E-state index is 12.3. The average Bonchev–Trinajstić information content (AvgIpc) is 2.96. The summed E-state index contributed by atoms with van der Waals surface area (Å²) in [5, 5.41) is 9.38. The minimum Gasteiger partial charge on any atom is -0.477 e. The van der Waals surface area contributed by atoms with Crippen LogP contribution in [-0.2, 0) is 16.6 Å². The lowest BCUT2D eigenvalue weighted by atomic mass is 10.4. The van der Waals surface area contributed by atoms with Crippen molar-refractivity contribution in [3.63, 3.8) is 0 Å². The lowest BCUT2D eigenvalue weighted by molar-refractivity contribution is 0.0685. The number of carboxylic acid groups (broad SMARTS) is 1. The van der Waals surface area contributed by atoms with Crippen molar-refractivity contribution in [1.82, 2.24) is 9.55 Å². The molecule has 0 fully saturated rings. The number of carboxylic acids is 1. The Labute approximate surface area is 126 Å². The van der Waals surface area contributed by atoms with Crippen LogP contribution < -0.4 is 4.72 Å². The summed E-state index contributed by atoms with van der Waals surface area (Å²) in [7, 11) is -3.84. The second-order valence-electron chi connectivity index (χ2n) is 4.44. The highest BCUT2D eigenvalue weighted by atomic mass is 32.2. The maximum atomic E-state index is 12.3. The van der Waals surface area contributed by atoms with Crippen molar-refractivity contribution < 1.29 is 18.3 Å². The van der Waals surface area contributed by atoms with Gasteiger partial charge in [0.2, 0.25) is 0 Å². The summed E-state index contributed by atoms with van der Waals surface area (Å²) in [5.41, 5.74) is -0.0486. The van der Waals surface area contributed by atoms with Crippen LogP contribution in [0.15, 0.2) is 23.4 Å². The van der Waals surface area contributed by atoms with Gasteiger partial charge in [-0.1, -0.05) is 6.92 Å². The molecule has 2 aromatic heterocycles. The molecule has 2 rings (SSSR count). The van der Waals surface area contributed by atoms with Crippen molar-refractivity contribution in [3.8, 4) is 0 Å². The van der Waals surface area contributed by atoms with Gasteiger partial charge in [0.05, 0.1) is 0 Å². The summed E-state index contributed by atoms with van der Waals surface area (Å²) in [6.45, 7) is 4.14. The fourth-order valence-electron chi connectivity index (χ4n) is 1.81. The molecule has 2 aromatic rings. The number of nitrogens with one attached hydrogen (secondary N) is 1. The van der Waals surface area contributed by atoms with Crippen molar-refractivity contribution >= 4 is 32.5 Å². The molecule has 0 aliphatic carbocycles. The quantitative estimate of drug-likeness (QED) is 0.845. The molecule has 0 atom stereocenters. The third-order valence-corrected chi connectivity index (χ3v) is 4.97. The van der Waals surface area contributed by atoms with E-state index in [-0.39, 0.29) is 15.7 Å². The van der Waals surface area contributed by atoms with Crippen LogP contribution in [-0.4, -0.2) is 29.0 Å². The molecule has 0 bridgehead atoms. The van der Waals surface area contributed by atoms with Crippen LogP contribution in [0.4, 0.5) is 5.13 Å². The van der Waals surface area contributed by atoms with Gasteiger partial charge in [0, 0.05) is 23.8 Å². The van der Waals surface area contributed by atoms with Crippen LogP contribution in [0.1, 0.15) is 28.7 Å². The smallest absolute Gasteiger partial charge is 0.352 e. The maximum Gasteiger partial charge on any atom is 0.352 e. The van der Waals surface area contributed by atoms with Gasteiger partial charge in [-0.3, -0.25) is 4.72 Å². The molecule has 7 nitrogen and oxygen atoms in total. The summed E-state index contributed by atoms with van der Waals surface area (Å²) >= 11 is 1.21. The monoisotopic (exact) mass is 329 g/mol. The molecule has 0 unspecified atom stereocenters. The van der Waals surface area contributed by atoms with E-state index < -0.39 is 16.0 Å². The van der Waals surface area contributed by atoms with E-state index in [1.165, 1.54) is 22.1 Å². The zero-order chi connectivity index (χ0) is 15.6. The highest BCUT2D eigenvalue weighted by molar-refractivity contribution is 7.93. The first-order valence-corrected chi connectivity index (χ1v) is 8.52. The number of aromatic carboxylic acids is 1. The van der Waals surface area contributed by atoms with Gasteiger partial charge in [-0.15, -0.1) is 11.3 Å². The van der Waals surface area contributed by atoms with E-state index in [0.717, 1.165) is 10.9 Å². The Hall–Kier alpha value is -1.87. The summed E-state index contributed by atoms with van der Waals surface area (Å²) in [6.07, 6.45) is 3.59. The van der Waals surface area contributed by atoms with Crippen LogP contribution in [0.5, 0.6) is 0 Å². The molecule has 0 spiro atoms. The molecule has 0 aromatic carbocycles. The third kappa shape index (κ3) is 3.42. The Balaban J connectivity index is 2.35. The van der Waals surface area contributed by atoms with Crippen molar-refractivity contribution in [2.45, 2.75) is 31.7 Å². The van der Waals surface area contributed by atoms with Gasteiger partial charge in [-0.05, 0) is 19.4 Å². The molecule has 114 valence electrons. The van der Waals surface area contributed by atoms with Gasteiger partial charge in [-0.25, -0.2) is 18.2 Å². The van der Waals surface area contributed by atoms with Crippen molar-refractivity contribution in [1.29, 1.82) is 0 Å². The number of sulfonamides is 1. The minimum atomic E-state index is -3.84. The Morgan fingerprint density at radius 2 is 2.24 bits per heavy atom. The molecule has 21 heavy (non-hydrogen) atoms. The number of aryl methyl sites for hydroxylation is 2. The lowest BCUT2D eigenvalue weighted by Gasteiger charge is -2.03. The van der Waals surface area contributed by atoms with Gasteiger partial charge in [0.1, 0.15) is 10.6 Å². The number of hydrogen-bond acceptors (Lipinski definition) is 5. The summed E-state index contributed by atoms with van der Waals surface area (Å²) in [6, 6.07) is 1.15. The topological polar surface area (TPSA) is 101 Å². The molecule has 2 N–H and O–H groups in total. The lowest BCUT2D eigenvalue weighted by Crippen LogP contribution is -2.12. The number of carbonyl (C=O) groups is 1. The van der Waals surface area contributed by atoms with Crippen LogP contribution in [0.2, 0.25) is 0 Å². The molecule has 0 amide bonds. The molecule has 0 aliphatic rings. The first-order chi connectivity index (χ1) is 9.83. The average molecular weight is 329 g/mol. The van der Waals surface area contributed by atoms with E-state index in [4.69, 9.17) is 5.11 Å². The van der Waals surface area contributed by atoms with E-state index in [2.05, 4.69) is 9.71 Å². The molecule has 9 heteroatoms. The fourth-order valence-corrected chi connectivity index (χ4v) is 3.76. The largest absolute Gasteiger partial charge is 0.477 e. The normalized spacial score (nSPS) is 11.5. The highest BCUT2D eigenvalue weighted by Crippen LogP contribution is 2.22. The number of hydrogen-bond donors (Lipinski definition) is 2. The summed E-state index contributed by atoms with van der Waals surface area (Å²) in [4.78, 5) is 15.9. The molecule has 2 heterocycles. The summed E-state index contributed by atoms with van der Waals surface area (Å²) in [5.74, 6) is -1.16. The third-order valence-electron chi connectivity index (χ3n) is 2.71. The number of aromatic nitrogens is 2. The van der Waals surface area contributed by atoms with E-state index in [1.54, 1.807) is 6.20 Å². The highest BCUT2D eigenvalue weighted by Gasteiger charge is 2.22. The minimum absolute atomic E-state index is 0.0486. The fraction of sp³-hybridized carbons (Fsp3) is 0.333. The molecular formula is C12H15N3O4S2. The van der Waals surface area contributed by atoms with Crippen LogP contribution in [0.3, 0.4) is 0 Å². The van der Waals surface area contributed by atoms with Gasteiger partial charge in [-0.2, -0.15) is 0 Å². The Morgan fingerprint density at radius 1 is 1.52 bits per heavy atom. The molecular weight excluding hydrogens is 314 g/mol. The molecule has 0 aliphatic heterocycles. The standard InChI is InChI=1S/C12H15N3O4S2/c1-3-4-15-7-9(5-10(15)11(16)17)21(18,19)14-12-13-6-8(2)20-12/h5-7H,3-4H2,1-2H3,(H,13,14)(H,16,17). The van der Waals surface area contributed by atoms with Crippen molar-refractivity contribution in [2.24, 2.45) is 0 Å². The molecule has 0 saturated carbocycles. The van der Waals surface area contributed by atoms with Crippen molar-refractivity contribution in [3.05, 3.63) is 29.0 Å². The first kappa shape index (κ1) is 15.5. The zero-order valence-electron chi connectivity index (χ0n) is 11.5. The van der Waals surface area contributed by atoms with E-state index >= 15 is 0 Å².